The van der Waals surface area contributed by atoms with Crippen molar-refractivity contribution in [3.8, 4) is 5.75 Å². The van der Waals surface area contributed by atoms with Crippen molar-refractivity contribution in [1.82, 2.24) is 10.7 Å². The van der Waals surface area contributed by atoms with Crippen molar-refractivity contribution in [2.24, 2.45) is 5.10 Å². The van der Waals surface area contributed by atoms with Crippen LogP contribution in [0.15, 0.2) is 59.7 Å². The Kier molecular flexibility index (Phi) is 6.71. The minimum atomic E-state index is -0.826. The van der Waals surface area contributed by atoms with Crippen molar-refractivity contribution in [3.63, 3.8) is 0 Å². The van der Waals surface area contributed by atoms with E-state index in [4.69, 9.17) is 4.74 Å². The zero-order chi connectivity index (χ0) is 18.1. The molecule has 0 aromatic heterocycles. The SMILES string of the molecule is CCOc1ccccc1/C=N\NC(=O)C(=O)N[C@@H](C)c1ccccc1. The molecule has 0 saturated heterocycles. The van der Waals surface area contributed by atoms with E-state index in [2.05, 4.69) is 15.8 Å². The molecular formula is C19H21N3O3. The molecular weight excluding hydrogens is 318 g/mol. The molecule has 2 aromatic rings. The number of hydrazone groups is 1. The van der Waals surface area contributed by atoms with E-state index in [1.807, 2.05) is 56.3 Å². The average Bonchev–Trinajstić information content (AvgIpc) is 2.64. The Hall–Kier alpha value is -3.15. The van der Waals surface area contributed by atoms with Crippen LogP contribution in [0.2, 0.25) is 0 Å². The molecule has 0 aliphatic heterocycles. The van der Waals surface area contributed by atoms with Gasteiger partial charge in [0.15, 0.2) is 0 Å². The van der Waals surface area contributed by atoms with Crippen LogP contribution in [0.5, 0.6) is 5.75 Å². The second-order valence-electron chi connectivity index (χ2n) is 5.28. The van der Waals surface area contributed by atoms with Crippen LogP contribution in [0.3, 0.4) is 0 Å². The molecule has 6 nitrogen and oxygen atoms in total. The second-order valence-corrected chi connectivity index (χ2v) is 5.28. The van der Waals surface area contributed by atoms with E-state index in [-0.39, 0.29) is 6.04 Å². The van der Waals surface area contributed by atoms with Crippen molar-refractivity contribution in [1.29, 1.82) is 0 Å². The molecule has 2 amide bonds. The van der Waals surface area contributed by atoms with Crippen LogP contribution in [-0.2, 0) is 9.59 Å². The molecule has 1 atom stereocenters. The van der Waals surface area contributed by atoms with Gasteiger partial charge >= 0.3 is 11.8 Å². The Morgan fingerprint density at radius 2 is 1.76 bits per heavy atom. The molecule has 0 aliphatic rings. The molecule has 0 spiro atoms. The number of carbonyl (C=O) groups excluding carboxylic acids is 2. The highest BCUT2D eigenvalue weighted by Gasteiger charge is 2.16. The van der Waals surface area contributed by atoms with Gasteiger partial charge in [-0.1, -0.05) is 42.5 Å². The van der Waals surface area contributed by atoms with Crippen LogP contribution in [0.1, 0.15) is 31.0 Å². The molecule has 0 radical (unpaired) electrons. The molecule has 0 aliphatic carbocycles. The van der Waals surface area contributed by atoms with E-state index in [0.717, 1.165) is 5.56 Å². The van der Waals surface area contributed by atoms with Gasteiger partial charge in [-0.05, 0) is 31.5 Å². The lowest BCUT2D eigenvalue weighted by molar-refractivity contribution is -0.139. The lowest BCUT2D eigenvalue weighted by atomic mass is 10.1. The molecule has 0 saturated carbocycles. The van der Waals surface area contributed by atoms with Crippen LogP contribution in [0.4, 0.5) is 0 Å². The van der Waals surface area contributed by atoms with Gasteiger partial charge in [0, 0.05) is 5.56 Å². The monoisotopic (exact) mass is 339 g/mol. The summed E-state index contributed by atoms with van der Waals surface area (Å²) in [5, 5.41) is 6.45. The summed E-state index contributed by atoms with van der Waals surface area (Å²) in [6.45, 7) is 4.22. The molecule has 0 bridgehead atoms. The summed E-state index contributed by atoms with van der Waals surface area (Å²) in [5.74, 6) is -0.912. The number of nitrogens with zero attached hydrogens (tertiary/aromatic N) is 1. The molecule has 0 heterocycles. The third kappa shape index (κ3) is 5.46. The first kappa shape index (κ1) is 18.2. The highest BCUT2D eigenvalue weighted by molar-refractivity contribution is 6.35. The Morgan fingerprint density at radius 1 is 1.08 bits per heavy atom. The van der Waals surface area contributed by atoms with Gasteiger partial charge in [-0.15, -0.1) is 0 Å². The fourth-order valence-electron chi connectivity index (χ4n) is 2.17. The summed E-state index contributed by atoms with van der Waals surface area (Å²) in [6.07, 6.45) is 1.44. The average molecular weight is 339 g/mol. The number of nitrogens with one attached hydrogen (secondary N) is 2. The van der Waals surface area contributed by atoms with Crippen molar-refractivity contribution in [2.45, 2.75) is 19.9 Å². The summed E-state index contributed by atoms with van der Waals surface area (Å²) in [5.41, 5.74) is 3.85. The number of hydrogen-bond donors (Lipinski definition) is 2. The van der Waals surface area contributed by atoms with Gasteiger partial charge in [0.1, 0.15) is 5.75 Å². The minimum Gasteiger partial charge on any atom is -0.493 e. The number of para-hydroxylation sites is 1. The Labute approximate surface area is 146 Å². The predicted molar refractivity (Wildman–Crippen MR) is 96.3 cm³/mol. The first-order chi connectivity index (χ1) is 12.1. The molecule has 25 heavy (non-hydrogen) atoms. The number of ether oxygens (including phenoxy) is 1. The molecule has 6 heteroatoms. The zero-order valence-electron chi connectivity index (χ0n) is 14.2. The highest BCUT2D eigenvalue weighted by Crippen LogP contribution is 2.15. The standard InChI is InChI=1S/C19H21N3O3/c1-3-25-17-12-8-7-11-16(17)13-20-22-19(24)18(23)21-14(2)15-9-5-4-6-10-15/h4-14H,3H2,1-2H3,(H,21,23)(H,22,24)/b20-13-/t14-/m0/s1. The number of carbonyl (C=O) groups is 2. The highest BCUT2D eigenvalue weighted by atomic mass is 16.5. The summed E-state index contributed by atoms with van der Waals surface area (Å²) >= 11 is 0. The molecule has 130 valence electrons. The number of amides is 2. The third-order valence-electron chi connectivity index (χ3n) is 3.44. The van der Waals surface area contributed by atoms with Gasteiger partial charge in [0.25, 0.3) is 0 Å². The summed E-state index contributed by atoms with van der Waals surface area (Å²) in [6, 6.07) is 16.4. The fraction of sp³-hybridized carbons (Fsp3) is 0.211. The van der Waals surface area contributed by atoms with Gasteiger partial charge in [0.05, 0.1) is 18.9 Å². The summed E-state index contributed by atoms with van der Waals surface area (Å²) in [4.78, 5) is 23.8. The maximum atomic E-state index is 11.9. The van der Waals surface area contributed by atoms with Crippen molar-refractivity contribution in [2.75, 3.05) is 6.61 Å². The maximum Gasteiger partial charge on any atom is 0.329 e. The summed E-state index contributed by atoms with van der Waals surface area (Å²) in [7, 11) is 0. The number of rotatable bonds is 6. The largest absolute Gasteiger partial charge is 0.493 e. The van der Waals surface area contributed by atoms with E-state index in [9.17, 15) is 9.59 Å². The van der Waals surface area contributed by atoms with Crippen molar-refractivity contribution in [3.05, 3.63) is 65.7 Å². The first-order valence-corrected chi connectivity index (χ1v) is 8.02. The number of benzene rings is 2. The zero-order valence-corrected chi connectivity index (χ0v) is 14.2. The van der Waals surface area contributed by atoms with Crippen LogP contribution in [-0.4, -0.2) is 24.6 Å². The topological polar surface area (TPSA) is 79.8 Å². The van der Waals surface area contributed by atoms with Gasteiger partial charge in [0.2, 0.25) is 0 Å². The molecule has 2 N–H and O–H groups in total. The van der Waals surface area contributed by atoms with E-state index in [1.165, 1.54) is 6.21 Å². The minimum absolute atomic E-state index is 0.276. The quantitative estimate of drug-likeness (QED) is 0.482. The number of hydrogen-bond acceptors (Lipinski definition) is 4. The predicted octanol–water partition coefficient (Wildman–Crippen LogP) is 2.41. The fourth-order valence-corrected chi connectivity index (χ4v) is 2.17. The lowest BCUT2D eigenvalue weighted by Crippen LogP contribution is -2.39. The van der Waals surface area contributed by atoms with Crippen molar-refractivity contribution < 1.29 is 14.3 Å². The van der Waals surface area contributed by atoms with Gasteiger partial charge in [-0.2, -0.15) is 5.10 Å². The van der Waals surface area contributed by atoms with Crippen LogP contribution < -0.4 is 15.5 Å². The first-order valence-electron chi connectivity index (χ1n) is 8.02. The summed E-state index contributed by atoms with van der Waals surface area (Å²) < 4.78 is 5.46. The van der Waals surface area contributed by atoms with E-state index >= 15 is 0 Å². The van der Waals surface area contributed by atoms with Crippen LogP contribution >= 0.6 is 0 Å². The Bertz CT molecular complexity index is 745. The molecule has 0 unspecified atom stereocenters. The van der Waals surface area contributed by atoms with E-state index < -0.39 is 11.8 Å². The van der Waals surface area contributed by atoms with Crippen molar-refractivity contribution >= 4 is 18.0 Å². The van der Waals surface area contributed by atoms with E-state index in [1.54, 1.807) is 12.1 Å². The smallest absolute Gasteiger partial charge is 0.329 e. The van der Waals surface area contributed by atoms with Gasteiger partial charge in [-0.25, -0.2) is 5.43 Å². The molecule has 2 rings (SSSR count). The van der Waals surface area contributed by atoms with Gasteiger partial charge in [-0.3, -0.25) is 9.59 Å². The van der Waals surface area contributed by atoms with Crippen LogP contribution in [0, 0.1) is 0 Å². The Morgan fingerprint density at radius 3 is 2.48 bits per heavy atom. The third-order valence-corrected chi connectivity index (χ3v) is 3.44. The molecule has 0 fully saturated rings. The van der Waals surface area contributed by atoms with Crippen LogP contribution in [0.25, 0.3) is 0 Å². The maximum absolute atomic E-state index is 11.9. The van der Waals surface area contributed by atoms with Gasteiger partial charge < -0.3 is 10.1 Å². The normalized spacial score (nSPS) is 11.8. The Balaban J connectivity index is 1.90. The van der Waals surface area contributed by atoms with E-state index in [0.29, 0.717) is 17.9 Å². The lowest BCUT2D eigenvalue weighted by Gasteiger charge is -2.13. The molecule has 2 aromatic carbocycles. The second kappa shape index (κ2) is 9.22.